The monoisotopic (exact) mass is 349 g/mol. The van der Waals surface area contributed by atoms with E-state index in [1.54, 1.807) is 0 Å². The SMILES string of the molecule is O=S(=O)(N[C@@H]1CCOC2(CCCC2)C1)c1cnn(CC(F)F)c1. The van der Waals surface area contributed by atoms with Crippen LogP contribution in [-0.2, 0) is 21.3 Å². The van der Waals surface area contributed by atoms with Crippen LogP contribution in [0.3, 0.4) is 0 Å². The summed E-state index contributed by atoms with van der Waals surface area (Å²) in [5, 5.41) is 3.68. The molecule has 1 spiro atoms. The molecule has 23 heavy (non-hydrogen) atoms. The number of nitrogens with one attached hydrogen (secondary N) is 1. The molecule has 0 unspecified atom stereocenters. The minimum atomic E-state index is -3.75. The second-order valence-corrected chi connectivity index (χ2v) is 8.05. The van der Waals surface area contributed by atoms with Crippen LogP contribution in [-0.4, -0.2) is 42.9 Å². The average Bonchev–Trinajstić information content (AvgIpc) is 3.08. The number of alkyl halides is 2. The fourth-order valence-corrected chi connectivity index (χ4v) is 4.73. The van der Waals surface area contributed by atoms with Crippen molar-refractivity contribution in [3.63, 3.8) is 0 Å². The quantitative estimate of drug-likeness (QED) is 0.881. The van der Waals surface area contributed by atoms with Crippen molar-refractivity contribution in [1.82, 2.24) is 14.5 Å². The van der Waals surface area contributed by atoms with Crippen LogP contribution in [0.1, 0.15) is 38.5 Å². The van der Waals surface area contributed by atoms with Crippen molar-refractivity contribution in [2.45, 2.75) is 68.0 Å². The molecule has 6 nitrogen and oxygen atoms in total. The van der Waals surface area contributed by atoms with Gasteiger partial charge in [-0.2, -0.15) is 5.10 Å². The summed E-state index contributed by atoms with van der Waals surface area (Å²) in [5.74, 6) is 0. The molecule has 2 fully saturated rings. The maximum atomic E-state index is 12.4. The van der Waals surface area contributed by atoms with Crippen molar-refractivity contribution >= 4 is 10.0 Å². The summed E-state index contributed by atoms with van der Waals surface area (Å²) in [6.07, 6.45) is 5.11. The standard InChI is InChI=1S/C14H21F2N3O3S/c15-13(16)10-19-9-12(8-17-19)23(20,21)18-11-3-6-22-14(7-11)4-1-2-5-14/h8-9,11,13,18H,1-7,10H2/t11-/m1/s1. The van der Waals surface area contributed by atoms with Gasteiger partial charge < -0.3 is 4.74 Å². The Kier molecular flexibility index (Phi) is 4.70. The molecule has 3 rings (SSSR count). The first-order valence-electron chi connectivity index (χ1n) is 7.85. The van der Waals surface area contributed by atoms with Gasteiger partial charge in [0, 0.05) is 18.8 Å². The summed E-state index contributed by atoms with van der Waals surface area (Å²) >= 11 is 0. The Bertz CT molecular complexity index is 641. The molecule has 0 radical (unpaired) electrons. The van der Waals surface area contributed by atoms with Gasteiger partial charge in [0.05, 0.1) is 11.8 Å². The van der Waals surface area contributed by atoms with Crippen LogP contribution in [0.2, 0.25) is 0 Å². The molecular formula is C14H21F2N3O3S. The van der Waals surface area contributed by atoms with E-state index in [-0.39, 0.29) is 16.5 Å². The second kappa shape index (κ2) is 6.45. The molecule has 1 N–H and O–H groups in total. The topological polar surface area (TPSA) is 73.2 Å². The highest BCUT2D eigenvalue weighted by Gasteiger charge is 2.41. The maximum absolute atomic E-state index is 12.4. The minimum absolute atomic E-state index is 0.0786. The summed E-state index contributed by atoms with van der Waals surface area (Å²) in [6, 6.07) is -0.190. The van der Waals surface area contributed by atoms with Gasteiger partial charge in [0.2, 0.25) is 10.0 Å². The van der Waals surface area contributed by atoms with E-state index in [1.807, 2.05) is 0 Å². The fourth-order valence-electron chi connectivity index (χ4n) is 3.51. The summed E-state index contributed by atoms with van der Waals surface area (Å²) in [4.78, 5) is -0.0786. The maximum Gasteiger partial charge on any atom is 0.257 e. The largest absolute Gasteiger partial charge is 0.375 e. The molecule has 1 aromatic heterocycles. The van der Waals surface area contributed by atoms with Gasteiger partial charge in [-0.15, -0.1) is 0 Å². The third-order valence-electron chi connectivity index (χ3n) is 4.57. The van der Waals surface area contributed by atoms with Gasteiger partial charge in [-0.1, -0.05) is 12.8 Å². The van der Waals surface area contributed by atoms with Crippen LogP contribution < -0.4 is 4.72 Å². The van der Waals surface area contributed by atoms with E-state index in [2.05, 4.69) is 9.82 Å². The average molecular weight is 349 g/mol. The summed E-state index contributed by atoms with van der Waals surface area (Å²) in [6.45, 7) is -0.0757. The van der Waals surface area contributed by atoms with Crippen molar-refractivity contribution in [1.29, 1.82) is 0 Å². The molecule has 0 bridgehead atoms. The van der Waals surface area contributed by atoms with Gasteiger partial charge in [-0.05, 0) is 25.7 Å². The zero-order chi connectivity index (χ0) is 16.5. The van der Waals surface area contributed by atoms with Gasteiger partial charge in [-0.3, -0.25) is 4.68 Å². The van der Waals surface area contributed by atoms with Crippen molar-refractivity contribution < 1.29 is 21.9 Å². The zero-order valence-corrected chi connectivity index (χ0v) is 13.6. The third-order valence-corrected chi connectivity index (χ3v) is 6.05. The van der Waals surface area contributed by atoms with E-state index in [0.717, 1.165) is 42.8 Å². The molecule has 1 aliphatic heterocycles. The van der Waals surface area contributed by atoms with E-state index in [1.165, 1.54) is 0 Å². The Morgan fingerprint density at radius 1 is 1.43 bits per heavy atom. The summed E-state index contributed by atoms with van der Waals surface area (Å²) in [7, 11) is -3.75. The zero-order valence-electron chi connectivity index (χ0n) is 12.7. The van der Waals surface area contributed by atoms with Crippen LogP contribution >= 0.6 is 0 Å². The van der Waals surface area contributed by atoms with Gasteiger partial charge in [0.15, 0.2) is 0 Å². The van der Waals surface area contributed by atoms with Crippen LogP contribution in [0.5, 0.6) is 0 Å². The molecule has 9 heteroatoms. The lowest BCUT2D eigenvalue weighted by molar-refractivity contribution is -0.0809. The highest BCUT2D eigenvalue weighted by Crippen LogP contribution is 2.40. The summed E-state index contributed by atoms with van der Waals surface area (Å²) in [5.41, 5.74) is -0.189. The van der Waals surface area contributed by atoms with Gasteiger partial charge >= 0.3 is 0 Å². The molecule has 2 heterocycles. The van der Waals surface area contributed by atoms with Crippen LogP contribution in [0.4, 0.5) is 8.78 Å². The second-order valence-electron chi connectivity index (χ2n) is 6.34. The molecule has 2 aliphatic rings. The van der Waals surface area contributed by atoms with Crippen LogP contribution in [0, 0.1) is 0 Å². The molecule has 1 saturated carbocycles. The highest BCUT2D eigenvalue weighted by atomic mass is 32.2. The Hall–Kier alpha value is -1.06. The number of aromatic nitrogens is 2. The number of hydrogen-bond acceptors (Lipinski definition) is 4. The van der Waals surface area contributed by atoms with Crippen molar-refractivity contribution in [2.24, 2.45) is 0 Å². The van der Waals surface area contributed by atoms with E-state index < -0.39 is 23.0 Å². The number of hydrogen-bond donors (Lipinski definition) is 1. The van der Waals surface area contributed by atoms with E-state index in [0.29, 0.717) is 19.4 Å². The highest BCUT2D eigenvalue weighted by molar-refractivity contribution is 7.89. The Morgan fingerprint density at radius 3 is 2.87 bits per heavy atom. The Morgan fingerprint density at radius 2 is 2.17 bits per heavy atom. The molecule has 130 valence electrons. The first-order valence-corrected chi connectivity index (χ1v) is 9.34. The molecule has 0 amide bonds. The van der Waals surface area contributed by atoms with Crippen molar-refractivity contribution in [2.75, 3.05) is 6.61 Å². The Labute approximate surface area is 134 Å². The third kappa shape index (κ3) is 3.89. The van der Waals surface area contributed by atoms with E-state index >= 15 is 0 Å². The van der Waals surface area contributed by atoms with Gasteiger partial charge in [0.1, 0.15) is 11.4 Å². The summed E-state index contributed by atoms with van der Waals surface area (Å²) < 4.78 is 59.0. The van der Waals surface area contributed by atoms with Crippen LogP contribution in [0.15, 0.2) is 17.3 Å². The lowest BCUT2D eigenvalue weighted by Crippen LogP contribution is -2.47. The number of nitrogens with zero attached hydrogens (tertiary/aromatic N) is 2. The van der Waals surface area contributed by atoms with Crippen LogP contribution in [0.25, 0.3) is 0 Å². The number of sulfonamides is 1. The molecule has 1 aromatic rings. The van der Waals surface area contributed by atoms with Crippen molar-refractivity contribution in [3.8, 4) is 0 Å². The molecule has 1 saturated heterocycles. The van der Waals surface area contributed by atoms with E-state index in [4.69, 9.17) is 4.74 Å². The fraction of sp³-hybridized carbons (Fsp3) is 0.786. The minimum Gasteiger partial charge on any atom is -0.375 e. The predicted molar refractivity (Wildman–Crippen MR) is 78.7 cm³/mol. The number of halogens is 2. The molecule has 0 aromatic carbocycles. The molecular weight excluding hydrogens is 328 g/mol. The number of rotatable bonds is 5. The lowest BCUT2D eigenvalue weighted by Gasteiger charge is -2.38. The first-order chi connectivity index (χ1) is 10.9. The Balaban J connectivity index is 1.67. The predicted octanol–water partition coefficient (Wildman–Crippen LogP) is 1.92. The van der Waals surface area contributed by atoms with Gasteiger partial charge in [-0.25, -0.2) is 21.9 Å². The number of ether oxygens (including phenoxy) is 1. The molecule has 1 aliphatic carbocycles. The van der Waals surface area contributed by atoms with E-state index in [9.17, 15) is 17.2 Å². The van der Waals surface area contributed by atoms with Crippen molar-refractivity contribution in [3.05, 3.63) is 12.4 Å². The molecule has 1 atom stereocenters. The lowest BCUT2D eigenvalue weighted by atomic mass is 9.89. The first kappa shape index (κ1) is 16.8. The smallest absolute Gasteiger partial charge is 0.257 e. The van der Waals surface area contributed by atoms with Gasteiger partial charge in [0.25, 0.3) is 6.43 Å². The normalized spacial score (nSPS) is 24.6.